The van der Waals surface area contributed by atoms with E-state index in [1.807, 2.05) is 18.2 Å². The lowest BCUT2D eigenvalue weighted by Crippen LogP contribution is -2.34. The monoisotopic (exact) mass is 284 g/mol. The number of nitrogens with one attached hydrogen (secondary N) is 2. The molecule has 1 fully saturated rings. The lowest BCUT2D eigenvalue weighted by atomic mass is 9.92. The number of rotatable bonds is 2. The number of aromatic nitrogens is 1. The molecule has 3 rings (SSSR count). The van der Waals surface area contributed by atoms with Crippen molar-refractivity contribution in [2.75, 3.05) is 0 Å². The number of hydrogen-bond acceptors (Lipinski definition) is 2. The maximum absolute atomic E-state index is 12.3. The minimum atomic E-state index is -0.194. The van der Waals surface area contributed by atoms with Crippen LogP contribution in [0.5, 0.6) is 0 Å². The summed E-state index contributed by atoms with van der Waals surface area (Å²) in [5, 5.41) is 3.64. The van der Waals surface area contributed by atoms with Crippen LogP contribution in [0.25, 0.3) is 10.9 Å². The minimum absolute atomic E-state index is 0.124. The molecule has 1 amide bonds. The fourth-order valence-electron chi connectivity index (χ4n) is 3.14. The molecule has 1 atom stereocenters. The zero-order valence-corrected chi connectivity index (χ0v) is 12.4. The van der Waals surface area contributed by atoms with Crippen LogP contribution in [0, 0.1) is 5.41 Å². The summed E-state index contributed by atoms with van der Waals surface area (Å²) in [6, 6.07) is 8.82. The molecule has 0 aliphatic heterocycles. The molecular formula is C17H20N2O2. The molecule has 2 aromatic rings. The second kappa shape index (κ2) is 5.02. The Kier molecular flexibility index (Phi) is 3.32. The topological polar surface area (TPSA) is 62.0 Å². The second-order valence-electron chi connectivity index (χ2n) is 6.67. The number of fused-ring (bicyclic) bond motifs is 1. The Bertz CT molecular complexity index is 746. The van der Waals surface area contributed by atoms with Crippen molar-refractivity contribution >= 4 is 16.8 Å². The van der Waals surface area contributed by atoms with Crippen molar-refractivity contribution in [3.63, 3.8) is 0 Å². The number of benzene rings is 1. The van der Waals surface area contributed by atoms with E-state index < -0.39 is 0 Å². The SMILES string of the molecule is CC1(C)CCC(NC(=O)c2cc(=O)c3ccccc3[nH]2)C1. The van der Waals surface area contributed by atoms with Crippen LogP contribution in [-0.4, -0.2) is 16.9 Å². The quantitative estimate of drug-likeness (QED) is 0.890. The van der Waals surface area contributed by atoms with E-state index >= 15 is 0 Å². The molecule has 21 heavy (non-hydrogen) atoms. The number of hydrogen-bond donors (Lipinski definition) is 2. The Morgan fingerprint density at radius 1 is 1.33 bits per heavy atom. The third-order valence-electron chi connectivity index (χ3n) is 4.29. The lowest BCUT2D eigenvalue weighted by Gasteiger charge is -2.17. The number of para-hydroxylation sites is 1. The first-order chi connectivity index (χ1) is 9.94. The molecule has 110 valence electrons. The maximum atomic E-state index is 12.3. The predicted molar refractivity (Wildman–Crippen MR) is 83.5 cm³/mol. The van der Waals surface area contributed by atoms with E-state index in [2.05, 4.69) is 24.1 Å². The summed E-state index contributed by atoms with van der Waals surface area (Å²) in [4.78, 5) is 27.4. The van der Waals surface area contributed by atoms with Crippen molar-refractivity contribution in [2.24, 2.45) is 5.41 Å². The molecule has 1 aliphatic rings. The highest BCUT2D eigenvalue weighted by Gasteiger charge is 2.31. The predicted octanol–water partition coefficient (Wildman–Crippen LogP) is 2.84. The van der Waals surface area contributed by atoms with Crippen LogP contribution in [0.4, 0.5) is 0 Å². The third-order valence-corrected chi connectivity index (χ3v) is 4.29. The van der Waals surface area contributed by atoms with E-state index in [0.717, 1.165) is 19.3 Å². The summed E-state index contributed by atoms with van der Waals surface area (Å²) in [6.07, 6.45) is 3.10. The Hall–Kier alpha value is -2.10. The number of carbonyl (C=O) groups is 1. The molecule has 1 saturated carbocycles. The summed E-state index contributed by atoms with van der Waals surface area (Å²) >= 11 is 0. The van der Waals surface area contributed by atoms with Crippen LogP contribution in [-0.2, 0) is 0 Å². The van der Waals surface area contributed by atoms with Crippen molar-refractivity contribution in [2.45, 2.75) is 39.2 Å². The van der Waals surface area contributed by atoms with Crippen molar-refractivity contribution in [3.05, 3.63) is 46.2 Å². The van der Waals surface area contributed by atoms with Crippen LogP contribution in [0.1, 0.15) is 43.6 Å². The molecule has 0 spiro atoms. The molecule has 0 saturated heterocycles. The van der Waals surface area contributed by atoms with Gasteiger partial charge in [0.2, 0.25) is 0 Å². The van der Waals surface area contributed by atoms with E-state index in [4.69, 9.17) is 0 Å². The molecule has 4 heteroatoms. The average molecular weight is 284 g/mol. The standard InChI is InChI=1S/C17H20N2O2/c1-17(2)8-7-11(10-17)18-16(21)14-9-15(20)12-5-3-4-6-13(12)19-14/h3-6,9,11H,7-8,10H2,1-2H3,(H,18,21)(H,19,20). The third kappa shape index (κ3) is 2.84. The highest BCUT2D eigenvalue weighted by Crippen LogP contribution is 2.36. The number of amides is 1. The van der Waals surface area contributed by atoms with Crippen LogP contribution < -0.4 is 10.7 Å². The molecule has 1 aromatic heterocycles. The van der Waals surface area contributed by atoms with E-state index in [-0.39, 0.29) is 22.8 Å². The highest BCUT2D eigenvalue weighted by molar-refractivity contribution is 5.95. The zero-order chi connectivity index (χ0) is 15.0. The summed E-state index contributed by atoms with van der Waals surface area (Å²) in [5.41, 5.74) is 1.20. The molecular weight excluding hydrogens is 264 g/mol. The van der Waals surface area contributed by atoms with Crippen molar-refractivity contribution in [3.8, 4) is 0 Å². The largest absolute Gasteiger partial charge is 0.350 e. The van der Waals surface area contributed by atoms with E-state index in [1.165, 1.54) is 6.07 Å². The Balaban J connectivity index is 1.84. The van der Waals surface area contributed by atoms with Gasteiger partial charge < -0.3 is 10.3 Å². The first-order valence-electron chi connectivity index (χ1n) is 7.38. The van der Waals surface area contributed by atoms with E-state index in [9.17, 15) is 9.59 Å². The summed E-state index contributed by atoms with van der Waals surface area (Å²) in [5.74, 6) is -0.194. The van der Waals surface area contributed by atoms with Gasteiger partial charge in [-0.15, -0.1) is 0 Å². The number of aromatic amines is 1. The fourth-order valence-corrected chi connectivity index (χ4v) is 3.14. The van der Waals surface area contributed by atoms with Gasteiger partial charge in [-0.1, -0.05) is 26.0 Å². The number of pyridine rings is 1. The van der Waals surface area contributed by atoms with Crippen molar-refractivity contribution in [1.29, 1.82) is 0 Å². The second-order valence-corrected chi connectivity index (χ2v) is 6.67. The molecule has 2 N–H and O–H groups in total. The maximum Gasteiger partial charge on any atom is 0.268 e. The van der Waals surface area contributed by atoms with Crippen LogP contribution in [0.15, 0.2) is 35.1 Å². The summed E-state index contributed by atoms with van der Waals surface area (Å²) in [7, 11) is 0. The van der Waals surface area contributed by atoms with Gasteiger partial charge in [-0.25, -0.2) is 0 Å². The van der Waals surface area contributed by atoms with E-state index in [1.54, 1.807) is 6.07 Å². The van der Waals surface area contributed by atoms with Crippen LogP contribution >= 0.6 is 0 Å². The van der Waals surface area contributed by atoms with Crippen LogP contribution in [0.3, 0.4) is 0 Å². The molecule has 1 aromatic carbocycles. The molecule has 1 heterocycles. The fraction of sp³-hybridized carbons (Fsp3) is 0.412. The van der Waals surface area contributed by atoms with Gasteiger partial charge in [0.05, 0.1) is 0 Å². The summed E-state index contributed by atoms with van der Waals surface area (Å²) in [6.45, 7) is 4.44. The Morgan fingerprint density at radius 3 is 2.81 bits per heavy atom. The zero-order valence-electron chi connectivity index (χ0n) is 12.4. The Morgan fingerprint density at radius 2 is 2.10 bits per heavy atom. The first-order valence-corrected chi connectivity index (χ1v) is 7.38. The molecule has 1 unspecified atom stereocenters. The van der Waals surface area contributed by atoms with Gasteiger partial charge in [0.1, 0.15) is 5.69 Å². The van der Waals surface area contributed by atoms with Gasteiger partial charge in [-0.3, -0.25) is 9.59 Å². The van der Waals surface area contributed by atoms with Gasteiger partial charge in [0.15, 0.2) is 5.43 Å². The Labute approximate surface area is 123 Å². The average Bonchev–Trinajstić information content (AvgIpc) is 2.78. The highest BCUT2D eigenvalue weighted by atomic mass is 16.2. The lowest BCUT2D eigenvalue weighted by molar-refractivity contribution is 0.0931. The molecule has 1 aliphatic carbocycles. The van der Waals surface area contributed by atoms with E-state index in [0.29, 0.717) is 16.6 Å². The molecule has 0 radical (unpaired) electrons. The van der Waals surface area contributed by atoms with Crippen molar-refractivity contribution < 1.29 is 4.79 Å². The van der Waals surface area contributed by atoms with Gasteiger partial charge in [0, 0.05) is 23.0 Å². The molecule has 4 nitrogen and oxygen atoms in total. The number of H-pyrrole nitrogens is 1. The van der Waals surface area contributed by atoms with Gasteiger partial charge in [0.25, 0.3) is 5.91 Å². The van der Waals surface area contributed by atoms with Crippen LogP contribution in [0.2, 0.25) is 0 Å². The minimum Gasteiger partial charge on any atom is -0.350 e. The number of carbonyl (C=O) groups excluding carboxylic acids is 1. The van der Waals surface area contributed by atoms with Crippen molar-refractivity contribution in [1.82, 2.24) is 10.3 Å². The first kappa shape index (κ1) is 13.9. The van der Waals surface area contributed by atoms with Gasteiger partial charge in [-0.2, -0.15) is 0 Å². The normalized spacial score (nSPS) is 20.6. The molecule has 0 bridgehead atoms. The van der Waals surface area contributed by atoms with Gasteiger partial charge >= 0.3 is 0 Å². The smallest absolute Gasteiger partial charge is 0.268 e. The summed E-state index contributed by atoms with van der Waals surface area (Å²) < 4.78 is 0. The van der Waals surface area contributed by atoms with Gasteiger partial charge in [-0.05, 0) is 36.8 Å².